The molecule has 0 aliphatic carbocycles. The monoisotopic (exact) mass is 379 g/mol. The van der Waals surface area contributed by atoms with E-state index in [4.69, 9.17) is 0 Å². The SMILES string of the molecule is O=C(Cc1csc(-c2ccsc2)n1)Nc1ccc(Br)cn1. The number of rotatable bonds is 4. The summed E-state index contributed by atoms with van der Waals surface area (Å²) in [5, 5.41) is 9.69. The van der Waals surface area contributed by atoms with E-state index in [1.54, 1.807) is 34.9 Å². The molecule has 0 unspecified atom stereocenters. The first kappa shape index (κ1) is 14.4. The molecule has 0 atom stereocenters. The van der Waals surface area contributed by atoms with E-state index in [-0.39, 0.29) is 12.3 Å². The standard InChI is InChI=1S/C14H10BrN3OS2/c15-10-1-2-12(16-6-10)18-13(19)5-11-8-21-14(17-11)9-3-4-20-7-9/h1-4,6-8H,5H2,(H,16,18,19). The molecule has 4 nitrogen and oxygen atoms in total. The van der Waals surface area contributed by atoms with Crippen molar-refractivity contribution < 1.29 is 4.79 Å². The number of nitrogens with zero attached hydrogens (tertiary/aromatic N) is 2. The smallest absolute Gasteiger partial charge is 0.231 e. The number of thiophene rings is 1. The molecule has 0 fully saturated rings. The lowest BCUT2D eigenvalue weighted by Crippen LogP contribution is -2.15. The van der Waals surface area contributed by atoms with Crippen molar-refractivity contribution in [2.45, 2.75) is 6.42 Å². The number of nitrogens with one attached hydrogen (secondary N) is 1. The average molecular weight is 380 g/mol. The molecule has 3 rings (SSSR count). The second kappa shape index (κ2) is 6.46. The Balaban J connectivity index is 1.64. The van der Waals surface area contributed by atoms with E-state index in [0.29, 0.717) is 5.82 Å². The quantitative estimate of drug-likeness (QED) is 0.738. The van der Waals surface area contributed by atoms with E-state index in [9.17, 15) is 4.79 Å². The number of halogens is 1. The minimum Gasteiger partial charge on any atom is -0.310 e. The van der Waals surface area contributed by atoms with Gasteiger partial charge in [-0.05, 0) is 39.5 Å². The highest BCUT2D eigenvalue weighted by molar-refractivity contribution is 9.10. The van der Waals surface area contributed by atoms with Gasteiger partial charge in [-0.2, -0.15) is 11.3 Å². The van der Waals surface area contributed by atoms with Crippen LogP contribution in [0.25, 0.3) is 10.6 Å². The van der Waals surface area contributed by atoms with Crippen LogP contribution in [-0.2, 0) is 11.2 Å². The molecular formula is C14H10BrN3OS2. The number of carbonyl (C=O) groups excluding carboxylic acids is 1. The van der Waals surface area contributed by atoms with Crippen LogP contribution in [0.2, 0.25) is 0 Å². The van der Waals surface area contributed by atoms with Crippen LogP contribution in [0, 0.1) is 0 Å². The Kier molecular flexibility index (Phi) is 4.42. The summed E-state index contributed by atoms with van der Waals surface area (Å²) < 4.78 is 0.875. The Morgan fingerprint density at radius 1 is 1.29 bits per heavy atom. The molecule has 3 aromatic heterocycles. The Hall–Kier alpha value is -1.57. The van der Waals surface area contributed by atoms with Gasteiger partial charge in [0.05, 0.1) is 12.1 Å². The van der Waals surface area contributed by atoms with Gasteiger partial charge in [-0.15, -0.1) is 11.3 Å². The number of pyridine rings is 1. The zero-order valence-electron chi connectivity index (χ0n) is 10.7. The third-order valence-corrected chi connectivity index (χ3v) is 4.75. The van der Waals surface area contributed by atoms with Crippen LogP contribution >= 0.6 is 38.6 Å². The Bertz CT molecular complexity index is 738. The van der Waals surface area contributed by atoms with Gasteiger partial charge in [0.1, 0.15) is 10.8 Å². The van der Waals surface area contributed by atoms with E-state index in [1.165, 1.54) is 0 Å². The second-order valence-electron chi connectivity index (χ2n) is 4.24. The number of amides is 1. The minimum atomic E-state index is -0.119. The number of carbonyl (C=O) groups is 1. The molecule has 21 heavy (non-hydrogen) atoms. The Morgan fingerprint density at radius 2 is 2.19 bits per heavy atom. The van der Waals surface area contributed by atoms with E-state index >= 15 is 0 Å². The molecule has 7 heteroatoms. The van der Waals surface area contributed by atoms with E-state index in [0.717, 1.165) is 20.7 Å². The van der Waals surface area contributed by atoms with Crippen molar-refractivity contribution in [3.05, 3.63) is 50.7 Å². The largest absolute Gasteiger partial charge is 0.310 e. The van der Waals surface area contributed by atoms with Gasteiger partial charge in [0.15, 0.2) is 0 Å². The van der Waals surface area contributed by atoms with Crippen LogP contribution in [0.3, 0.4) is 0 Å². The van der Waals surface area contributed by atoms with E-state index < -0.39 is 0 Å². The molecule has 0 spiro atoms. The first-order chi connectivity index (χ1) is 10.2. The van der Waals surface area contributed by atoms with Crippen molar-refractivity contribution in [2.24, 2.45) is 0 Å². The molecular weight excluding hydrogens is 370 g/mol. The third-order valence-electron chi connectivity index (χ3n) is 2.66. The fraction of sp³-hybridized carbons (Fsp3) is 0.0714. The molecule has 0 bridgehead atoms. The maximum Gasteiger partial charge on any atom is 0.231 e. The first-order valence-corrected chi connectivity index (χ1v) is 8.70. The molecule has 0 aliphatic rings. The molecule has 0 aliphatic heterocycles. The Labute approximate surface area is 138 Å². The topological polar surface area (TPSA) is 54.9 Å². The van der Waals surface area contributed by atoms with E-state index in [2.05, 4.69) is 36.6 Å². The van der Waals surface area contributed by atoms with Crippen LogP contribution in [0.1, 0.15) is 5.69 Å². The molecule has 0 saturated carbocycles. The van der Waals surface area contributed by atoms with Crippen LogP contribution in [0.15, 0.2) is 45.0 Å². The summed E-state index contributed by atoms with van der Waals surface area (Å²) in [5.41, 5.74) is 1.88. The number of hydrogen-bond acceptors (Lipinski definition) is 5. The summed E-state index contributed by atoms with van der Waals surface area (Å²) in [7, 11) is 0. The van der Waals surface area contributed by atoms with Gasteiger partial charge in [-0.25, -0.2) is 9.97 Å². The highest BCUT2D eigenvalue weighted by Gasteiger charge is 2.10. The van der Waals surface area contributed by atoms with Crippen molar-refractivity contribution in [3.63, 3.8) is 0 Å². The maximum atomic E-state index is 12.0. The summed E-state index contributed by atoms with van der Waals surface area (Å²) in [4.78, 5) is 20.6. The molecule has 1 amide bonds. The van der Waals surface area contributed by atoms with Gasteiger partial charge in [-0.3, -0.25) is 4.79 Å². The molecule has 3 aromatic rings. The zero-order valence-corrected chi connectivity index (χ0v) is 14.0. The van der Waals surface area contributed by atoms with Crippen molar-refractivity contribution in [3.8, 4) is 10.6 Å². The molecule has 0 radical (unpaired) electrons. The fourth-order valence-electron chi connectivity index (χ4n) is 1.71. The molecule has 3 heterocycles. The van der Waals surface area contributed by atoms with Gasteiger partial charge in [0.25, 0.3) is 0 Å². The highest BCUT2D eigenvalue weighted by Crippen LogP contribution is 2.25. The molecule has 1 N–H and O–H groups in total. The van der Waals surface area contributed by atoms with Gasteiger partial charge < -0.3 is 5.32 Å². The summed E-state index contributed by atoms with van der Waals surface area (Å²) in [6, 6.07) is 5.61. The zero-order chi connectivity index (χ0) is 14.7. The third kappa shape index (κ3) is 3.75. The predicted molar refractivity (Wildman–Crippen MR) is 89.7 cm³/mol. The Morgan fingerprint density at radius 3 is 2.90 bits per heavy atom. The predicted octanol–water partition coefficient (Wildman–Crippen LogP) is 4.21. The number of aromatic nitrogens is 2. The maximum absolute atomic E-state index is 12.0. The summed E-state index contributed by atoms with van der Waals surface area (Å²) >= 11 is 6.49. The molecule has 106 valence electrons. The lowest BCUT2D eigenvalue weighted by atomic mass is 10.3. The van der Waals surface area contributed by atoms with Crippen LogP contribution in [0.5, 0.6) is 0 Å². The summed E-state index contributed by atoms with van der Waals surface area (Å²) in [6.45, 7) is 0. The fourth-order valence-corrected chi connectivity index (χ4v) is 3.47. The molecule has 0 saturated heterocycles. The second-order valence-corrected chi connectivity index (χ2v) is 6.80. The number of anilines is 1. The summed E-state index contributed by atoms with van der Waals surface area (Å²) in [6.07, 6.45) is 1.89. The van der Waals surface area contributed by atoms with Gasteiger partial charge in [0.2, 0.25) is 5.91 Å². The lowest BCUT2D eigenvalue weighted by Gasteiger charge is -2.02. The minimum absolute atomic E-state index is 0.119. The van der Waals surface area contributed by atoms with Gasteiger partial charge in [-0.1, -0.05) is 0 Å². The normalized spacial score (nSPS) is 10.5. The van der Waals surface area contributed by atoms with Gasteiger partial charge in [0, 0.05) is 27.0 Å². The van der Waals surface area contributed by atoms with Crippen LogP contribution < -0.4 is 5.32 Å². The number of thiazole rings is 1. The van der Waals surface area contributed by atoms with E-state index in [1.807, 2.05) is 22.9 Å². The molecule has 0 aromatic carbocycles. The van der Waals surface area contributed by atoms with Crippen LogP contribution in [-0.4, -0.2) is 15.9 Å². The van der Waals surface area contributed by atoms with Crippen molar-refractivity contribution in [2.75, 3.05) is 5.32 Å². The van der Waals surface area contributed by atoms with Gasteiger partial charge >= 0.3 is 0 Å². The first-order valence-electron chi connectivity index (χ1n) is 6.09. The summed E-state index contributed by atoms with van der Waals surface area (Å²) in [5.74, 6) is 0.420. The van der Waals surface area contributed by atoms with Crippen LogP contribution in [0.4, 0.5) is 5.82 Å². The van der Waals surface area contributed by atoms with Crippen molar-refractivity contribution in [1.29, 1.82) is 0 Å². The van der Waals surface area contributed by atoms with Crippen molar-refractivity contribution in [1.82, 2.24) is 9.97 Å². The average Bonchev–Trinajstić information content (AvgIpc) is 3.12. The lowest BCUT2D eigenvalue weighted by molar-refractivity contribution is -0.115. The number of hydrogen-bond donors (Lipinski definition) is 1. The van der Waals surface area contributed by atoms with Crippen molar-refractivity contribution >= 4 is 50.3 Å². The highest BCUT2D eigenvalue weighted by atomic mass is 79.9.